The van der Waals surface area contributed by atoms with Crippen LogP contribution in [0, 0.1) is 0 Å². The zero-order chi connectivity index (χ0) is 21.4. The van der Waals surface area contributed by atoms with Crippen molar-refractivity contribution in [3.8, 4) is 28.6 Å². The number of imidazole rings is 1. The Hall–Kier alpha value is -4.34. The average Bonchev–Trinajstić information content (AvgIpc) is 3.27. The zero-order valence-corrected chi connectivity index (χ0v) is 16.7. The maximum atomic E-state index is 11.6. The van der Waals surface area contributed by atoms with Gasteiger partial charge < -0.3 is 29.2 Å². The van der Waals surface area contributed by atoms with Gasteiger partial charge in [-0.1, -0.05) is 0 Å². The summed E-state index contributed by atoms with van der Waals surface area (Å²) < 4.78 is 17.9. The number of fused-ring (bicyclic) bond motifs is 2. The van der Waals surface area contributed by atoms with Crippen LogP contribution >= 0.6 is 0 Å². The Morgan fingerprint density at radius 3 is 2.87 bits per heavy atom. The first-order valence-electron chi connectivity index (χ1n) is 9.40. The molecule has 156 valence electrons. The summed E-state index contributed by atoms with van der Waals surface area (Å²) in [6.45, 7) is -0.0437. The van der Waals surface area contributed by atoms with E-state index in [2.05, 4.69) is 20.6 Å². The minimum atomic E-state index is -0.222. The number of ether oxygens (including phenoxy) is 3. The molecule has 2 N–H and O–H groups in total. The van der Waals surface area contributed by atoms with Gasteiger partial charge in [-0.2, -0.15) is 0 Å². The van der Waals surface area contributed by atoms with Crippen molar-refractivity contribution in [3.05, 3.63) is 49.1 Å². The van der Waals surface area contributed by atoms with Gasteiger partial charge in [-0.05, 0) is 18.2 Å². The lowest BCUT2D eigenvalue weighted by Crippen LogP contribution is -2.25. The Morgan fingerprint density at radius 2 is 2.03 bits per heavy atom. The topological polar surface area (TPSA) is 112 Å². The highest BCUT2D eigenvalue weighted by Crippen LogP contribution is 2.33. The summed E-state index contributed by atoms with van der Waals surface area (Å²) in [5.74, 6) is 1.94. The number of methoxy groups -OCH3 is 2. The largest absolute Gasteiger partial charge is 0.493 e. The number of pyridine rings is 1. The summed E-state index contributed by atoms with van der Waals surface area (Å²) in [6.07, 6.45) is 7.02. The number of aromatic nitrogens is 4. The fourth-order valence-corrected chi connectivity index (χ4v) is 3.32. The normalized spacial score (nSPS) is 12.6. The number of amides is 1. The van der Waals surface area contributed by atoms with Gasteiger partial charge in [0.25, 0.3) is 5.91 Å². The molecule has 0 spiro atoms. The van der Waals surface area contributed by atoms with Gasteiger partial charge in [-0.25, -0.2) is 15.0 Å². The van der Waals surface area contributed by atoms with E-state index in [4.69, 9.17) is 19.2 Å². The van der Waals surface area contributed by atoms with Crippen LogP contribution in [0.25, 0.3) is 16.9 Å². The molecule has 1 aliphatic rings. The minimum Gasteiger partial charge on any atom is -0.493 e. The molecule has 31 heavy (non-hydrogen) atoms. The van der Waals surface area contributed by atoms with Gasteiger partial charge >= 0.3 is 0 Å². The van der Waals surface area contributed by atoms with E-state index in [-0.39, 0.29) is 12.5 Å². The lowest BCUT2D eigenvalue weighted by Gasteiger charge is -2.17. The first kappa shape index (κ1) is 18.7. The maximum absolute atomic E-state index is 11.6. The van der Waals surface area contributed by atoms with Gasteiger partial charge in [0, 0.05) is 42.1 Å². The number of benzene rings is 1. The highest BCUT2D eigenvalue weighted by atomic mass is 16.5. The van der Waals surface area contributed by atoms with E-state index >= 15 is 0 Å². The van der Waals surface area contributed by atoms with Gasteiger partial charge in [0.1, 0.15) is 5.69 Å². The fourth-order valence-electron chi connectivity index (χ4n) is 3.32. The molecule has 1 amide bonds. The second-order valence-electron chi connectivity index (χ2n) is 6.74. The van der Waals surface area contributed by atoms with Gasteiger partial charge in [0.2, 0.25) is 5.88 Å². The van der Waals surface area contributed by atoms with Crippen LogP contribution in [0.15, 0.2) is 49.1 Å². The van der Waals surface area contributed by atoms with Crippen molar-refractivity contribution in [1.29, 1.82) is 0 Å². The zero-order valence-electron chi connectivity index (χ0n) is 16.7. The molecule has 0 aliphatic carbocycles. The maximum Gasteiger partial charge on any atom is 0.262 e. The number of carbonyl (C=O) groups is 1. The fraction of sp³-hybridized carbons (Fsp3) is 0.143. The van der Waals surface area contributed by atoms with Crippen LogP contribution in [-0.2, 0) is 4.79 Å². The van der Waals surface area contributed by atoms with Crippen molar-refractivity contribution in [3.63, 3.8) is 0 Å². The first-order chi connectivity index (χ1) is 15.1. The Balaban J connectivity index is 1.55. The smallest absolute Gasteiger partial charge is 0.262 e. The van der Waals surface area contributed by atoms with E-state index < -0.39 is 0 Å². The predicted molar refractivity (Wildman–Crippen MR) is 113 cm³/mol. The van der Waals surface area contributed by atoms with E-state index in [1.54, 1.807) is 32.7 Å². The second kappa shape index (κ2) is 7.48. The van der Waals surface area contributed by atoms with Crippen LogP contribution in [0.4, 0.5) is 17.2 Å². The van der Waals surface area contributed by atoms with Crippen LogP contribution in [0.5, 0.6) is 17.4 Å². The molecule has 0 radical (unpaired) electrons. The molecule has 0 atom stereocenters. The summed E-state index contributed by atoms with van der Waals surface area (Å²) >= 11 is 0. The number of hydrogen-bond acceptors (Lipinski definition) is 8. The minimum absolute atomic E-state index is 0.0437. The molecule has 0 saturated carbocycles. The van der Waals surface area contributed by atoms with Crippen LogP contribution < -0.4 is 24.8 Å². The predicted octanol–water partition coefficient (Wildman–Crippen LogP) is 2.88. The number of nitrogens with zero attached hydrogens (tertiary/aromatic N) is 4. The number of rotatable bonds is 5. The molecule has 5 rings (SSSR count). The Morgan fingerprint density at radius 1 is 1.16 bits per heavy atom. The Labute approximate surface area is 176 Å². The molecule has 10 nitrogen and oxygen atoms in total. The van der Waals surface area contributed by atoms with E-state index in [0.717, 1.165) is 11.3 Å². The lowest BCUT2D eigenvalue weighted by molar-refractivity contribution is -0.118. The van der Waals surface area contributed by atoms with Crippen molar-refractivity contribution >= 4 is 28.7 Å². The summed E-state index contributed by atoms with van der Waals surface area (Å²) in [5, 5.41) is 6.06. The summed E-state index contributed by atoms with van der Waals surface area (Å²) in [6, 6.07) is 7.27. The SMILES string of the molecule is COc1ccc(Nc2nc(-c3cnc4c(c3)NC(=O)CO4)cn3ccnc23)cc1OC. The monoisotopic (exact) mass is 418 g/mol. The van der Waals surface area contributed by atoms with Crippen molar-refractivity contribution in [2.45, 2.75) is 0 Å². The van der Waals surface area contributed by atoms with Gasteiger partial charge in [-0.3, -0.25) is 4.79 Å². The number of hydrogen-bond donors (Lipinski definition) is 2. The Bertz CT molecular complexity index is 1300. The average molecular weight is 418 g/mol. The first-order valence-corrected chi connectivity index (χ1v) is 9.40. The molecule has 0 unspecified atom stereocenters. The summed E-state index contributed by atoms with van der Waals surface area (Å²) in [5.41, 5.74) is 3.28. The molecule has 1 aromatic carbocycles. The van der Waals surface area contributed by atoms with Crippen LogP contribution in [0.3, 0.4) is 0 Å². The number of anilines is 3. The molecule has 0 saturated heterocycles. The molecule has 0 bridgehead atoms. The van der Waals surface area contributed by atoms with Gasteiger partial charge in [0.15, 0.2) is 29.6 Å². The Kier molecular flexibility index (Phi) is 4.51. The van der Waals surface area contributed by atoms with Crippen LogP contribution in [-0.4, -0.2) is 46.1 Å². The third-order valence-electron chi connectivity index (χ3n) is 4.78. The van der Waals surface area contributed by atoms with E-state index in [1.807, 2.05) is 35.0 Å². The van der Waals surface area contributed by atoms with E-state index in [0.29, 0.717) is 40.2 Å². The summed E-state index contributed by atoms with van der Waals surface area (Å²) in [4.78, 5) is 25.1. The molecular formula is C21H18N6O4. The summed E-state index contributed by atoms with van der Waals surface area (Å²) in [7, 11) is 3.17. The quantitative estimate of drug-likeness (QED) is 0.509. The van der Waals surface area contributed by atoms with Crippen molar-refractivity contribution in [2.75, 3.05) is 31.5 Å². The van der Waals surface area contributed by atoms with E-state index in [1.165, 1.54) is 0 Å². The van der Waals surface area contributed by atoms with Crippen molar-refractivity contribution in [1.82, 2.24) is 19.4 Å². The molecule has 10 heteroatoms. The molecule has 4 aromatic rings. The molecular weight excluding hydrogens is 400 g/mol. The third kappa shape index (κ3) is 3.44. The molecule has 3 aromatic heterocycles. The van der Waals surface area contributed by atoms with Crippen LogP contribution in [0.1, 0.15) is 0 Å². The standard InChI is InChI=1S/C21H18N6O4/c1-29-16-4-3-13(8-17(16)30-2)24-19-20-22-5-6-27(20)10-15(26-19)12-7-14-21(23-9-12)31-11-18(28)25-14/h3-10H,11H2,1-2H3,(H,24,26)(H,25,28). The molecule has 1 aliphatic heterocycles. The highest BCUT2D eigenvalue weighted by molar-refractivity contribution is 5.95. The third-order valence-corrected chi connectivity index (χ3v) is 4.78. The van der Waals surface area contributed by atoms with Gasteiger partial charge in [0.05, 0.1) is 19.9 Å². The molecule has 4 heterocycles. The lowest BCUT2D eigenvalue weighted by atomic mass is 10.2. The van der Waals surface area contributed by atoms with Crippen LogP contribution in [0.2, 0.25) is 0 Å². The van der Waals surface area contributed by atoms with E-state index in [9.17, 15) is 4.79 Å². The molecule has 0 fully saturated rings. The number of carbonyl (C=O) groups excluding carboxylic acids is 1. The van der Waals surface area contributed by atoms with Crippen molar-refractivity contribution < 1.29 is 19.0 Å². The number of nitrogens with one attached hydrogen (secondary N) is 2. The van der Waals surface area contributed by atoms with Crippen molar-refractivity contribution in [2.24, 2.45) is 0 Å². The highest BCUT2D eigenvalue weighted by Gasteiger charge is 2.19. The second-order valence-corrected chi connectivity index (χ2v) is 6.74. The van der Waals surface area contributed by atoms with Gasteiger partial charge in [-0.15, -0.1) is 0 Å².